The third kappa shape index (κ3) is 5.66. The molecule has 1 heterocycles. The third-order valence-corrected chi connectivity index (χ3v) is 4.24. The molecule has 0 fully saturated rings. The molecule has 0 unspecified atom stereocenters. The average molecular weight is 428 g/mol. The van der Waals surface area contributed by atoms with Crippen LogP contribution in [0.5, 0.6) is 11.6 Å². The first-order chi connectivity index (χ1) is 14.4. The van der Waals surface area contributed by atoms with Gasteiger partial charge in [-0.1, -0.05) is 11.6 Å². The Balaban J connectivity index is 1.59. The van der Waals surface area contributed by atoms with Gasteiger partial charge in [-0.25, -0.2) is 20.2 Å². The number of benzene rings is 2. The number of hydrogen-bond acceptors (Lipinski definition) is 6. The summed E-state index contributed by atoms with van der Waals surface area (Å²) in [7, 11) is 1.32. The zero-order valence-corrected chi connectivity index (χ0v) is 16.9. The number of ether oxygens (including phenoxy) is 1. The molecule has 0 aliphatic rings. The number of anilines is 2. The Hall–Kier alpha value is -3.69. The van der Waals surface area contributed by atoms with Crippen molar-refractivity contribution in [3.05, 3.63) is 71.1 Å². The van der Waals surface area contributed by atoms with Crippen LogP contribution in [0.25, 0.3) is 0 Å². The van der Waals surface area contributed by atoms with Crippen molar-refractivity contribution >= 4 is 34.9 Å². The molecule has 1 aromatic heterocycles. The first-order valence-electron chi connectivity index (χ1n) is 8.72. The van der Waals surface area contributed by atoms with Crippen LogP contribution >= 0.6 is 11.6 Å². The lowest BCUT2D eigenvalue weighted by atomic mass is 10.2. The van der Waals surface area contributed by atoms with E-state index in [1.807, 2.05) is 6.92 Å². The summed E-state index contributed by atoms with van der Waals surface area (Å²) in [5.74, 6) is 0.125. The van der Waals surface area contributed by atoms with Gasteiger partial charge in [0.15, 0.2) is 0 Å². The second-order valence-electron chi connectivity index (χ2n) is 6.05. The number of halogens is 1. The first kappa shape index (κ1) is 21.0. The molecule has 9 nitrogen and oxygen atoms in total. The SMILES string of the molecule is CONC(=O)c1cc(Oc2ccc(NC(=O)Nc3ccc(Cl)c(C)c3)cc2)ncn1. The van der Waals surface area contributed by atoms with Gasteiger partial charge in [-0.3, -0.25) is 9.63 Å². The fourth-order valence-electron chi connectivity index (χ4n) is 2.41. The molecule has 0 atom stereocenters. The lowest BCUT2D eigenvalue weighted by Gasteiger charge is -2.10. The van der Waals surface area contributed by atoms with E-state index < -0.39 is 11.9 Å². The first-order valence-corrected chi connectivity index (χ1v) is 9.10. The molecule has 3 amide bonds. The number of hydroxylamine groups is 1. The molecular weight excluding hydrogens is 410 g/mol. The lowest BCUT2D eigenvalue weighted by Crippen LogP contribution is -2.22. The largest absolute Gasteiger partial charge is 0.439 e. The van der Waals surface area contributed by atoms with E-state index in [4.69, 9.17) is 16.3 Å². The van der Waals surface area contributed by atoms with E-state index in [-0.39, 0.29) is 11.6 Å². The molecule has 0 radical (unpaired) electrons. The summed E-state index contributed by atoms with van der Waals surface area (Å²) in [5.41, 5.74) is 4.31. The van der Waals surface area contributed by atoms with Crippen molar-refractivity contribution in [2.24, 2.45) is 0 Å². The summed E-state index contributed by atoms with van der Waals surface area (Å²) < 4.78 is 5.61. The number of nitrogens with one attached hydrogen (secondary N) is 3. The fraction of sp³-hybridized carbons (Fsp3) is 0.100. The molecule has 0 saturated heterocycles. The highest BCUT2D eigenvalue weighted by Gasteiger charge is 2.10. The third-order valence-electron chi connectivity index (χ3n) is 3.82. The Labute approximate surface area is 177 Å². The van der Waals surface area contributed by atoms with Crippen LogP contribution in [-0.4, -0.2) is 29.0 Å². The average Bonchev–Trinajstić information content (AvgIpc) is 2.72. The molecule has 30 heavy (non-hydrogen) atoms. The van der Waals surface area contributed by atoms with Crippen molar-refractivity contribution in [1.82, 2.24) is 15.4 Å². The fourth-order valence-corrected chi connectivity index (χ4v) is 2.52. The van der Waals surface area contributed by atoms with E-state index in [1.165, 1.54) is 19.5 Å². The highest BCUT2D eigenvalue weighted by atomic mass is 35.5. The molecule has 0 bridgehead atoms. The Morgan fingerprint density at radius 1 is 0.967 bits per heavy atom. The molecule has 3 rings (SSSR count). The van der Waals surface area contributed by atoms with E-state index in [9.17, 15) is 9.59 Å². The molecular formula is C20H18ClN5O4. The minimum atomic E-state index is -0.522. The van der Waals surface area contributed by atoms with Crippen molar-refractivity contribution in [1.29, 1.82) is 0 Å². The van der Waals surface area contributed by atoms with Gasteiger partial charge in [-0.2, -0.15) is 0 Å². The summed E-state index contributed by atoms with van der Waals surface area (Å²) in [5, 5.41) is 6.09. The Morgan fingerprint density at radius 3 is 2.37 bits per heavy atom. The van der Waals surface area contributed by atoms with Crippen molar-refractivity contribution < 1.29 is 19.2 Å². The number of nitrogens with zero attached hydrogens (tertiary/aromatic N) is 2. The number of urea groups is 1. The van der Waals surface area contributed by atoms with Gasteiger partial charge >= 0.3 is 6.03 Å². The lowest BCUT2D eigenvalue weighted by molar-refractivity contribution is 0.0532. The molecule has 2 aromatic carbocycles. The van der Waals surface area contributed by atoms with Crippen molar-refractivity contribution in [3.63, 3.8) is 0 Å². The van der Waals surface area contributed by atoms with Crippen LogP contribution < -0.4 is 20.9 Å². The van der Waals surface area contributed by atoms with Crippen molar-refractivity contribution in [3.8, 4) is 11.6 Å². The molecule has 10 heteroatoms. The van der Waals surface area contributed by atoms with Gasteiger partial charge in [-0.05, 0) is 55.0 Å². The number of hydrogen-bond donors (Lipinski definition) is 3. The summed E-state index contributed by atoms with van der Waals surface area (Å²) in [6.07, 6.45) is 1.21. The van der Waals surface area contributed by atoms with E-state index in [1.54, 1.807) is 42.5 Å². The smallest absolute Gasteiger partial charge is 0.323 e. The number of amides is 3. The topological polar surface area (TPSA) is 114 Å². The van der Waals surface area contributed by atoms with Gasteiger partial charge < -0.3 is 15.4 Å². The predicted molar refractivity (Wildman–Crippen MR) is 112 cm³/mol. The zero-order valence-electron chi connectivity index (χ0n) is 16.1. The quantitative estimate of drug-likeness (QED) is 0.509. The minimum Gasteiger partial charge on any atom is -0.439 e. The van der Waals surface area contributed by atoms with Crippen LogP contribution in [0.3, 0.4) is 0 Å². The van der Waals surface area contributed by atoms with E-state index in [2.05, 4.69) is 30.9 Å². The second-order valence-corrected chi connectivity index (χ2v) is 6.45. The van der Waals surface area contributed by atoms with Crippen LogP contribution in [0, 0.1) is 6.92 Å². The number of carbonyl (C=O) groups is 2. The number of rotatable bonds is 6. The number of carbonyl (C=O) groups excluding carboxylic acids is 2. The molecule has 3 aromatic rings. The van der Waals surface area contributed by atoms with Crippen LogP contribution in [0.15, 0.2) is 54.9 Å². The van der Waals surface area contributed by atoms with Crippen LogP contribution in [0.2, 0.25) is 5.02 Å². The number of aromatic nitrogens is 2. The Morgan fingerprint density at radius 2 is 1.67 bits per heavy atom. The maximum Gasteiger partial charge on any atom is 0.323 e. The molecule has 0 aliphatic carbocycles. The summed E-state index contributed by atoms with van der Waals surface area (Å²) >= 11 is 5.98. The summed E-state index contributed by atoms with van der Waals surface area (Å²) in [4.78, 5) is 36.3. The van der Waals surface area contributed by atoms with E-state index in [0.29, 0.717) is 22.1 Å². The van der Waals surface area contributed by atoms with Gasteiger partial charge in [0.1, 0.15) is 17.8 Å². The predicted octanol–water partition coefficient (Wildman–Crippen LogP) is 4.17. The second kappa shape index (κ2) is 9.68. The maximum atomic E-state index is 12.2. The Kier molecular flexibility index (Phi) is 6.79. The summed E-state index contributed by atoms with van der Waals surface area (Å²) in [6, 6.07) is 12.8. The normalized spacial score (nSPS) is 10.2. The number of aryl methyl sites for hydroxylation is 1. The van der Waals surface area contributed by atoms with Gasteiger partial charge in [0.25, 0.3) is 5.91 Å². The highest BCUT2D eigenvalue weighted by Crippen LogP contribution is 2.22. The maximum absolute atomic E-state index is 12.2. The zero-order chi connectivity index (χ0) is 21.5. The molecule has 3 N–H and O–H groups in total. The molecule has 0 saturated carbocycles. The Bertz CT molecular complexity index is 1060. The van der Waals surface area contributed by atoms with Gasteiger partial charge in [0.05, 0.1) is 7.11 Å². The highest BCUT2D eigenvalue weighted by molar-refractivity contribution is 6.31. The van der Waals surface area contributed by atoms with E-state index in [0.717, 1.165) is 5.56 Å². The van der Waals surface area contributed by atoms with E-state index >= 15 is 0 Å². The van der Waals surface area contributed by atoms with Crippen LogP contribution in [0.4, 0.5) is 16.2 Å². The van der Waals surface area contributed by atoms with Crippen LogP contribution in [-0.2, 0) is 4.84 Å². The summed E-state index contributed by atoms with van der Waals surface area (Å²) in [6.45, 7) is 1.86. The van der Waals surface area contributed by atoms with Gasteiger partial charge in [0.2, 0.25) is 5.88 Å². The molecule has 0 aliphatic heterocycles. The standard InChI is InChI=1S/C20H18ClN5O4/c1-12-9-14(5-8-16(12)21)25-20(28)24-13-3-6-15(7-4-13)30-18-10-17(22-11-23-18)19(27)26-29-2/h3-11H,1-2H3,(H,26,27)(H2,24,25,28). The van der Waals surface area contributed by atoms with Crippen molar-refractivity contribution in [2.75, 3.05) is 17.7 Å². The van der Waals surface area contributed by atoms with Gasteiger partial charge in [-0.15, -0.1) is 0 Å². The van der Waals surface area contributed by atoms with Gasteiger partial charge in [0, 0.05) is 22.5 Å². The minimum absolute atomic E-state index is 0.0919. The molecule has 154 valence electrons. The monoisotopic (exact) mass is 427 g/mol. The van der Waals surface area contributed by atoms with Crippen molar-refractivity contribution in [2.45, 2.75) is 6.92 Å². The van der Waals surface area contributed by atoms with Crippen LogP contribution in [0.1, 0.15) is 16.1 Å². The molecule has 0 spiro atoms.